The average Bonchev–Trinajstić information content (AvgIpc) is 3.00. The second-order valence-electron chi connectivity index (χ2n) is 7.69. The molecule has 138 valence electrons. The zero-order chi connectivity index (χ0) is 18.1. The fraction of sp³-hybridized carbons (Fsp3) is 0.429. The summed E-state index contributed by atoms with van der Waals surface area (Å²) < 4.78 is 27.7. The summed E-state index contributed by atoms with van der Waals surface area (Å²) in [5.41, 5.74) is 4.01. The molecule has 4 rings (SSSR count). The molecule has 0 amide bonds. The van der Waals surface area contributed by atoms with E-state index in [0.29, 0.717) is 11.8 Å². The molecule has 0 saturated heterocycles. The molecule has 0 aliphatic heterocycles. The van der Waals surface area contributed by atoms with Crippen LogP contribution in [0.2, 0.25) is 5.02 Å². The van der Waals surface area contributed by atoms with E-state index in [0.717, 1.165) is 37.1 Å². The van der Waals surface area contributed by atoms with Crippen molar-refractivity contribution in [3.63, 3.8) is 0 Å². The predicted octanol–water partition coefficient (Wildman–Crippen LogP) is 4.31. The van der Waals surface area contributed by atoms with Gasteiger partial charge in [0.2, 0.25) is 10.0 Å². The van der Waals surface area contributed by atoms with E-state index in [4.69, 9.17) is 11.6 Å². The van der Waals surface area contributed by atoms with Crippen molar-refractivity contribution in [1.29, 1.82) is 0 Å². The smallest absolute Gasteiger partial charge is 0.211 e. The second-order valence-corrected chi connectivity index (χ2v) is 10.00. The molecule has 2 aliphatic rings. The van der Waals surface area contributed by atoms with E-state index in [2.05, 4.69) is 29.0 Å². The summed E-state index contributed by atoms with van der Waals surface area (Å²) in [6.45, 7) is 0. The Labute approximate surface area is 160 Å². The van der Waals surface area contributed by atoms with Gasteiger partial charge in [-0.15, -0.1) is 0 Å². The van der Waals surface area contributed by atoms with Gasteiger partial charge in [-0.05, 0) is 72.8 Å². The number of benzene rings is 2. The third kappa shape index (κ3) is 4.13. The maximum Gasteiger partial charge on any atom is 0.211 e. The molecule has 1 N–H and O–H groups in total. The molecule has 1 saturated carbocycles. The van der Waals surface area contributed by atoms with E-state index < -0.39 is 10.0 Å². The van der Waals surface area contributed by atoms with Gasteiger partial charge >= 0.3 is 0 Å². The molecule has 0 bridgehead atoms. The van der Waals surface area contributed by atoms with Crippen molar-refractivity contribution in [2.75, 3.05) is 5.75 Å². The normalized spacial score (nSPS) is 22.8. The van der Waals surface area contributed by atoms with Crippen molar-refractivity contribution < 1.29 is 8.42 Å². The molecule has 0 heterocycles. The lowest BCUT2D eigenvalue weighted by atomic mass is 9.76. The van der Waals surface area contributed by atoms with Crippen LogP contribution in [0.1, 0.15) is 41.9 Å². The van der Waals surface area contributed by atoms with Crippen molar-refractivity contribution in [3.8, 4) is 0 Å². The fourth-order valence-corrected chi connectivity index (χ4v) is 5.80. The zero-order valence-electron chi connectivity index (χ0n) is 14.7. The molecular weight excluding hydrogens is 366 g/mol. The van der Waals surface area contributed by atoms with Gasteiger partial charge in [-0.3, -0.25) is 0 Å². The summed E-state index contributed by atoms with van der Waals surface area (Å²) in [5, 5.41) is 0.736. The van der Waals surface area contributed by atoms with Crippen LogP contribution in [-0.4, -0.2) is 20.2 Å². The Bertz CT molecular complexity index is 848. The highest BCUT2D eigenvalue weighted by atomic mass is 35.5. The molecule has 3 nitrogen and oxygen atoms in total. The molecule has 0 unspecified atom stereocenters. The van der Waals surface area contributed by atoms with Gasteiger partial charge in [0.05, 0.1) is 5.75 Å². The van der Waals surface area contributed by atoms with Gasteiger partial charge < -0.3 is 0 Å². The first kappa shape index (κ1) is 18.0. The van der Waals surface area contributed by atoms with Crippen LogP contribution in [0.3, 0.4) is 0 Å². The molecule has 0 radical (unpaired) electrons. The zero-order valence-corrected chi connectivity index (χ0v) is 16.3. The largest absolute Gasteiger partial charge is 0.212 e. The monoisotopic (exact) mass is 389 g/mol. The van der Waals surface area contributed by atoms with Gasteiger partial charge in [-0.2, -0.15) is 0 Å². The maximum absolute atomic E-state index is 12.4. The molecule has 0 atom stereocenters. The van der Waals surface area contributed by atoms with E-state index >= 15 is 0 Å². The van der Waals surface area contributed by atoms with E-state index in [-0.39, 0.29) is 11.8 Å². The number of hydrogen-bond donors (Lipinski definition) is 1. The van der Waals surface area contributed by atoms with Gasteiger partial charge in [-0.1, -0.05) is 48.0 Å². The van der Waals surface area contributed by atoms with Crippen molar-refractivity contribution in [2.45, 2.75) is 44.1 Å². The minimum Gasteiger partial charge on any atom is -0.212 e. The van der Waals surface area contributed by atoms with Crippen LogP contribution in [0.5, 0.6) is 0 Å². The first-order valence-electron chi connectivity index (χ1n) is 9.31. The molecule has 2 aromatic carbocycles. The Morgan fingerprint density at radius 1 is 0.962 bits per heavy atom. The van der Waals surface area contributed by atoms with Gasteiger partial charge in [0.25, 0.3) is 0 Å². The van der Waals surface area contributed by atoms with Crippen molar-refractivity contribution in [2.24, 2.45) is 5.92 Å². The average molecular weight is 390 g/mol. The number of rotatable bonds is 6. The Hall–Kier alpha value is -1.36. The highest BCUT2D eigenvalue weighted by Gasteiger charge is 2.33. The number of hydrogen-bond acceptors (Lipinski definition) is 2. The molecule has 1 fully saturated rings. The quantitative estimate of drug-likeness (QED) is 0.800. The van der Waals surface area contributed by atoms with Crippen molar-refractivity contribution in [3.05, 3.63) is 70.2 Å². The summed E-state index contributed by atoms with van der Waals surface area (Å²) >= 11 is 5.92. The number of fused-ring (bicyclic) bond motifs is 1. The van der Waals surface area contributed by atoms with E-state index in [1.807, 2.05) is 24.3 Å². The van der Waals surface area contributed by atoms with E-state index in [9.17, 15) is 8.42 Å². The van der Waals surface area contributed by atoms with Crippen LogP contribution >= 0.6 is 11.6 Å². The van der Waals surface area contributed by atoms with Gasteiger partial charge in [0, 0.05) is 11.1 Å². The van der Waals surface area contributed by atoms with Crippen LogP contribution in [-0.2, 0) is 22.9 Å². The molecular formula is C21H24ClNO2S. The fourth-order valence-electron chi connectivity index (χ4n) is 4.21. The van der Waals surface area contributed by atoms with Crippen molar-refractivity contribution in [1.82, 2.24) is 4.72 Å². The summed E-state index contributed by atoms with van der Waals surface area (Å²) in [6.07, 6.45) is 4.49. The lowest BCUT2D eigenvalue weighted by Crippen LogP contribution is -2.44. The number of sulfonamides is 1. The molecule has 0 spiro atoms. The highest BCUT2D eigenvalue weighted by Crippen LogP contribution is 2.37. The molecule has 26 heavy (non-hydrogen) atoms. The summed E-state index contributed by atoms with van der Waals surface area (Å²) in [5.74, 6) is 1.12. The van der Waals surface area contributed by atoms with Gasteiger partial charge in [0.15, 0.2) is 0 Å². The van der Waals surface area contributed by atoms with E-state index in [1.54, 1.807) is 0 Å². The Morgan fingerprint density at radius 3 is 2.19 bits per heavy atom. The first-order chi connectivity index (χ1) is 12.5. The first-order valence-corrected chi connectivity index (χ1v) is 11.3. The van der Waals surface area contributed by atoms with Gasteiger partial charge in [0.1, 0.15) is 0 Å². The standard InChI is InChI=1S/C21H24ClNO2S/c22-20-7-5-16(6-8-20)19-13-21(14-19)23-26(24,25)10-9-15-11-17-3-1-2-4-18(17)12-15/h1-8,15,19,21,23H,9-14H2. The lowest BCUT2D eigenvalue weighted by molar-refractivity contribution is 0.326. The maximum atomic E-state index is 12.4. The van der Waals surface area contributed by atoms with E-state index in [1.165, 1.54) is 16.7 Å². The third-order valence-electron chi connectivity index (χ3n) is 5.76. The van der Waals surface area contributed by atoms with Crippen LogP contribution in [0.4, 0.5) is 0 Å². The summed E-state index contributed by atoms with van der Waals surface area (Å²) in [6, 6.07) is 16.4. The topological polar surface area (TPSA) is 46.2 Å². The Kier molecular flexibility index (Phi) is 5.09. The number of halogens is 1. The Balaban J connectivity index is 1.24. The molecule has 0 aromatic heterocycles. The van der Waals surface area contributed by atoms with Crippen LogP contribution in [0.15, 0.2) is 48.5 Å². The summed E-state index contributed by atoms with van der Waals surface area (Å²) in [4.78, 5) is 0. The second kappa shape index (κ2) is 7.34. The third-order valence-corrected chi connectivity index (χ3v) is 7.47. The summed E-state index contributed by atoms with van der Waals surface area (Å²) in [7, 11) is -3.20. The number of nitrogens with one attached hydrogen (secondary N) is 1. The van der Waals surface area contributed by atoms with Crippen LogP contribution < -0.4 is 4.72 Å². The van der Waals surface area contributed by atoms with Gasteiger partial charge in [-0.25, -0.2) is 13.1 Å². The SMILES string of the molecule is O=S(=O)(CCC1Cc2ccccc2C1)NC1CC(c2ccc(Cl)cc2)C1. The minimum absolute atomic E-state index is 0.0708. The highest BCUT2D eigenvalue weighted by molar-refractivity contribution is 7.89. The minimum atomic E-state index is -3.20. The Morgan fingerprint density at radius 2 is 1.58 bits per heavy atom. The molecule has 2 aromatic rings. The predicted molar refractivity (Wildman–Crippen MR) is 106 cm³/mol. The van der Waals surface area contributed by atoms with Crippen LogP contribution in [0.25, 0.3) is 0 Å². The van der Waals surface area contributed by atoms with Crippen LogP contribution in [0, 0.1) is 5.92 Å². The lowest BCUT2D eigenvalue weighted by Gasteiger charge is -2.36. The molecule has 5 heteroatoms. The van der Waals surface area contributed by atoms with Crippen molar-refractivity contribution >= 4 is 21.6 Å². The molecule has 2 aliphatic carbocycles.